The maximum Gasteiger partial charge on any atom is 0.0240 e. The Hall–Kier alpha value is -2.20. The van der Waals surface area contributed by atoms with Crippen LogP contribution in [0.15, 0.2) is 73.8 Å². The van der Waals surface area contributed by atoms with Crippen LogP contribution in [0.5, 0.6) is 0 Å². The fourth-order valence-electron chi connectivity index (χ4n) is 3.48. The molecular formula is C29H45N3. The van der Waals surface area contributed by atoms with Crippen LogP contribution in [0.4, 0.5) is 0 Å². The van der Waals surface area contributed by atoms with Gasteiger partial charge in [0.15, 0.2) is 0 Å². The normalized spacial score (nSPS) is 14.1. The molecule has 1 fully saturated rings. The number of likely N-dealkylation sites (N-methyl/N-ethyl adjacent to an activating group) is 1. The molecule has 1 saturated heterocycles. The van der Waals surface area contributed by atoms with E-state index in [1.165, 1.54) is 48.4 Å². The lowest BCUT2D eigenvalue weighted by atomic mass is 10.1. The van der Waals surface area contributed by atoms with Crippen LogP contribution in [-0.4, -0.2) is 61.0 Å². The van der Waals surface area contributed by atoms with E-state index in [1.54, 1.807) is 0 Å². The summed E-state index contributed by atoms with van der Waals surface area (Å²) in [5.41, 5.74) is 5.42. The van der Waals surface area contributed by atoms with Crippen molar-refractivity contribution < 1.29 is 0 Å². The average molecular weight is 436 g/mol. The van der Waals surface area contributed by atoms with E-state index in [2.05, 4.69) is 97.3 Å². The summed E-state index contributed by atoms with van der Waals surface area (Å²) in [6.45, 7) is 24.4. The average Bonchev–Trinajstić information content (AvgIpc) is 2.81. The highest BCUT2D eigenvalue weighted by molar-refractivity contribution is 5.22. The van der Waals surface area contributed by atoms with Crippen molar-refractivity contribution in [3.63, 3.8) is 0 Å². The fourth-order valence-corrected chi connectivity index (χ4v) is 3.48. The summed E-state index contributed by atoms with van der Waals surface area (Å²) in [4.78, 5) is 7.22. The first-order valence-corrected chi connectivity index (χ1v) is 12.0. The molecule has 0 bridgehead atoms. The van der Waals surface area contributed by atoms with Gasteiger partial charge in [0.05, 0.1) is 0 Å². The molecule has 1 aliphatic heterocycles. The molecular weight excluding hydrogens is 390 g/mol. The zero-order chi connectivity index (χ0) is 23.8. The first kappa shape index (κ1) is 27.8. The third-order valence-corrected chi connectivity index (χ3v) is 5.42. The molecule has 2 aromatic carbocycles. The van der Waals surface area contributed by atoms with Gasteiger partial charge in [0.1, 0.15) is 0 Å². The van der Waals surface area contributed by atoms with Crippen molar-refractivity contribution in [3.05, 3.63) is 96.1 Å². The summed E-state index contributed by atoms with van der Waals surface area (Å²) < 4.78 is 0. The smallest absolute Gasteiger partial charge is 0.0240 e. The standard InChI is InChI=1S/C14H19N.C13H20N2.C2H6/c1-4-10-15(11-5-2)12-14-8-6-13(3)7-9-14;1-12-3-5-13(6-4-12)11-15-9-7-14(2)8-10-15;1-2/h4-9H,1-2,10-12H2,3H3;3-6H,7-11H2,1-2H3;1-2H3. The second-order valence-corrected chi connectivity index (χ2v) is 8.32. The molecule has 1 aliphatic rings. The zero-order valence-electron chi connectivity index (χ0n) is 21.2. The van der Waals surface area contributed by atoms with Crippen molar-refractivity contribution in [3.8, 4) is 0 Å². The van der Waals surface area contributed by atoms with Gasteiger partial charge < -0.3 is 4.90 Å². The topological polar surface area (TPSA) is 9.72 Å². The van der Waals surface area contributed by atoms with E-state index in [0.717, 1.165) is 26.2 Å². The van der Waals surface area contributed by atoms with Crippen LogP contribution in [0.2, 0.25) is 0 Å². The molecule has 176 valence electrons. The Kier molecular flexibility index (Phi) is 14.3. The van der Waals surface area contributed by atoms with Crippen molar-refractivity contribution in [1.29, 1.82) is 0 Å². The lowest BCUT2D eigenvalue weighted by Crippen LogP contribution is -2.43. The number of rotatable bonds is 8. The van der Waals surface area contributed by atoms with Crippen molar-refractivity contribution in [2.45, 2.75) is 40.8 Å². The Bertz CT molecular complexity index is 731. The molecule has 3 nitrogen and oxygen atoms in total. The molecule has 2 aromatic rings. The lowest BCUT2D eigenvalue weighted by molar-refractivity contribution is 0.148. The third-order valence-electron chi connectivity index (χ3n) is 5.42. The molecule has 3 rings (SSSR count). The molecule has 3 heteroatoms. The number of benzene rings is 2. The van der Waals surface area contributed by atoms with Crippen molar-refractivity contribution in [1.82, 2.24) is 14.7 Å². The van der Waals surface area contributed by atoms with E-state index in [-0.39, 0.29) is 0 Å². The van der Waals surface area contributed by atoms with Crippen LogP contribution >= 0.6 is 0 Å². The van der Waals surface area contributed by atoms with E-state index >= 15 is 0 Å². The number of piperazine rings is 1. The van der Waals surface area contributed by atoms with Crippen LogP contribution < -0.4 is 0 Å². The molecule has 0 radical (unpaired) electrons. The van der Waals surface area contributed by atoms with Crippen molar-refractivity contribution >= 4 is 0 Å². The molecule has 0 aromatic heterocycles. The predicted molar refractivity (Wildman–Crippen MR) is 142 cm³/mol. The Morgan fingerprint density at radius 3 is 1.62 bits per heavy atom. The molecule has 0 unspecified atom stereocenters. The monoisotopic (exact) mass is 435 g/mol. The summed E-state index contributed by atoms with van der Waals surface area (Å²) in [5.74, 6) is 0. The van der Waals surface area contributed by atoms with Crippen molar-refractivity contribution in [2.75, 3.05) is 46.3 Å². The van der Waals surface area contributed by atoms with Gasteiger partial charge in [-0.15, -0.1) is 13.2 Å². The second-order valence-electron chi connectivity index (χ2n) is 8.32. The van der Waals surface area contributed by atoms with E-state index in [1.807, 2.05) is 26.0 Å². The molecule has 0 amide bonds. The van der Waals surface area contributed by atoms with Gasteiger partial charge in [-0.3, -0.25) is 9.80 Å². The van der Waals surface area contributed by atoms with Gasteiger partial charge >= 0.3 is 0 Å². The summed E-state index contributed by atoms with van der Waals surface area (Å²) in [7, 11) is 2.20. The van der Waals surface area contributed by atoms with Gasteiger partial charge in [-0.05, 0) is 32.0 Å². The Morgan fingerprint density at radius 2 is 1.19 bits per heavy atom. The molecule has 0 atom stereocenters. The van der Waals surface area contributed by atoms with E-state index in [9.17, 15) is 0 Å². The van der Waals surface area contributed by atoms with Crippen LogP contribution in [0.1, 0.15) is 36.1 Å². The van der Waals surface area contributed by atoms with Crippen molar-refractivity contribution in [2.24, 2.45) is 0 Å². The van der Waals surface area contributed by atoms with E-state index in [4.69, 9.17) is 0 Å². The quantitative estimate of drug-likeness (QED) is 0.475. The largest absolute Gasteiger partial charge is 0.304 e. The number of aryl methyl sites for hydroxylation is 2. The van der Waals surface area contributed by atoms with Gasteiger partial charge in [0, 0.05) is 52.4 Å². The highest BCUT2D eigenvalue weighted by Crippen LogP contribution is 2.09. The molecule has 32 heavy (non-hydrogen) atoms. The molecule has 1 heterocycles. The van der Waals surface area contributed by atoms with Crippen LogP contribution in [-0.2, 0) is 13.1 Å². The summed E-state index contributed by atoms with van der Waals surface area (Å²) in [6.07, 6.45) is 3.86. The predicted octanol–water partition coefficient (Wildman–Crippen LogP) is 5.94. The van der Waals surface area contributed by atoms with Gasteiger partial charge in [-0.1, -0.05) is 85.7 Å². The maximum atomic E-state index is 3.76. The third kappa shape index (κ3) is 11.4. The Balaban J connectivity index is 0.000000297. The number of hydrogen-bond donors (Lipinski definition) is 0. The van der Waals surface area contributed by atoms with Crippen LogP contribution in [0.3, 0.4) is 0 Å². The first-order chi connectivity index (χ1) is 15.5. The molecule has 0 saturated carbocycles. The number of hydrogen-bond acceptors (Lipinski definition) is 3. The highest BCUT2D eigenvalue weighted by Gasteiger charge is 2.13. The minimum absolute atomic E-state index is 0.903. The van der Waals surface area contributed by atoms with Gasteiger partial charge in [0.2, 0.25) is 0 Å². The molecule has 0 spiro atoms. The Morgan fingerprint density at radius 1 is 0.750 bits per heavy atom. The van der Waals surface area contributed by atoms with Gasteiger partial charge in [-0.25, -0.2) is 0 Å². The van der Waals surface area contributed by atoms with E-state index in [0.29, 0.717) is 0 Å². The highest BCUT2D eigenvalue weighted by atomic mass is 15.2. The second kappa shape index (κ2) is 16.4. The van der Waals surface area contributed by atoms with E-state index < -0.39 is 0 Å². The maximum absolute atomic E-state index is 3.76. The molecule has 0 N–H and O–H groups in total. The lowest BCUT2D eigenvalue weighted by Gasteiger charge is -2.32. The minimum atomic E-state index is 0.903. The zero-order valence-corrected chi connectivity index (χ0v) is 21.2. The molecule has 0 aliphatic carbocycles. The Labute approximate surface area is 198 Å². The summed E-state index contributed by atoms with van der Waals surface area (Å²) in [6, 6.07) is 17.5. The number of nitrogens with zero attached hydrogens (tertiary/aromatic N) is 3. The fraction of sp³-hybridized carbons (Fsp3) is 0.448. The van der Waals surface area contributed by atoms with Crippen LogP contribution in [0, 0.1) is 13.8 Å². The van der Waals surface area contributed by atoms with Gasteiger partial charge in [0.25, 0.3) is 0 Å². The minimum Gasteiger partial charge on any atom is -0.304 e. The SMILES string of the molecule is C=CCN(CC=C)Cc1ccc(C)cc1.CC.Cc1ccc(CN2CCN(C)CC2)cc1. The first-order valence-electron chi connectivity index (χ1n) is 12.0. The summed E-state index contributed by atoms with van der Waals surface area (Å²) in [5, 5.41) is 0. The summed E-state index contributed by atoms with van der Waals surface area (Å²) >= 11 is 0. The van der Waals surface area contributed by atoms with Crippen LogP contribution in [0.25, 0.3) is 0 Å². The van der Waals surface area contributed by atoms with Gasteiger partial charge in [-0.2, -0.15) is 0 Å².